The van der Waals surface area contributed by atoms with E-state index in [-0.39, 0.29) is 24.0 Å². The third-order valence-electron chi connectivity index (χ3n) is 3.38. The SMILES string of the molecule is CCNC(=NCCCc1nc(C(C)C)no1)NCCCCOCC.I. The summed E-state index contributed by atoms with van der Waals surface area (Å²) in [6, 6.07) is 0. The van der Waals surface area contributed by atoms with Gasteiger partial charge in [-0.3, -0.25) is 4.99 Å². The van der Waals surface area contributed by atoms with E-state index in [1.807, 2.05) is 6.92 Å². The predicted molar refractivity (Wildman–Crippen MR) is 112 cm³/mol. The number of aromatic nitrogens is 2. The average molecular weight is 467 g/mol. The molecule has 2 N–H and O–H groups in total. The third-order valence-corrected chi connectivity index (χ3v) is 3.38. The van der Waals surface area contributed by atoms with Gasteiger partial charge in [0.05, 0.1) is 0 Å². The molecular weight excluding hydrogens is 433 g/mol. The van der Waals surface area contributed by atoms with Crippen LogP contribution in [0, 0.1) is 0 Å². The summed E-state index contributed by atoms with van der Waals surface area (Å²) in [6.45, 7) is 12.3. The first-order valence-corrected chi connectivity index (χ1v) is 9.09. The van der Waals surface area contributed by atoms with Gasteiger partial charge in [0.25, 0.3) is 0 Å². The van der Waals surface area contributed by atoms with E-state index in [4.69, 9.17) is 9.26 Å². The number of nitrogens with zero attached hydrogens (tertiary/aromatic N) is 3. The van der Waals surface area contributed by atoms with Gasteiger partial charge in [0.2, 0.25) is 5.89 Å². The van der Waals surface area contributed by atoms with Crippen molar-refractivity contribution in [2.45, 2.75) is 59.3 Å². The van der Waals surface area contributed by atoms with Gasteiger partial charge in [-0.15, -0.1) is 24.0 Å². The molecule has 1 heterocycles. The van der Waals surface area contributed by atoms with Crippen LogP contribution in [0.2, 0.25) is 0 Å². The van der Waals surface area contributed by atoms with Gasteiger partial charge in [0.15, 0.2) is 11.8 Å². The molecule has 0 aliphatic rings. The fraction of sp³-hybridized carbons (Fsp3) is 0.824. The zero-order chi connectivity index (χ0) is 17.6. The highest BCUT2D eigenvalue weighted by atomic mass is 127. The second kappa shape index (κ2) is 15.4. The average Bonchev–Trinajstić information content (AvgIpc) is 3.04. The number of guanidine groups is 1. The first kappa shape index (κ1) is 24.1. The van der Waals surface area contributed by atoms with Crippen molar-refractivity contribution in [1.29, 1.82) is 0 Å². The maximum Gasteiger partial charge on any atom is 0.226 e. The summed E-state index contributed by atoms with van der Waals surface area (Å²) >= 11 is 0. The first-order valence-electron chi connectivity index (χ1n) is 9.09. The molecule has 1 aromatic heterocycles. The second-order valence-corrected chi connectivity index (χ2v) is 5.90. The maximum atomic E-state index is 5.33. The molecule has 1 rings (SSSR count). The minimum Gasteiger partial charge on any atom is -0.382 e. The number of aryl methyl sites for hydroxylation is 1. The Kier molecular flexibility index (Phi) is 14.8. The van der Waals surface area contributed by atoms with E-state index in [9.17, 15) is 0 Å². The molecule has 0 aliphatic heterocycles. The minimum absolute atomic E-state index is 0. The Bertz CT molecular complexity index is 466. The molecule has 7 nitrogen and oxygen atoms in total. The Balaban J connectivity index is 0.00000576. The van der Waals surface area contributed by atoms with Gasteiger partial charge in [-0.25, -0.2) is 0 Å². The smallest absolute Gasteiger partial charge is 0.226 e. The van der Waals surface area contributed by atoms with E-state index in [1.165, 1.54) is 0 Å². The van der Waals surface area contributed by atoms with Crippen LogP contribution in [0.15, 0.2) is 9.52 Å². The Morgan fingerprint density at radius 2 is 2.00 bits per heavy atom. The van der Waals surface area contributed by atoms with Crippen LogP contribution in [-0.2, 0) is 11.2 Å². The van der Waals surface area contributed by atoms with Gasteiger partial charge in [-0.1, -0.05) is 19.0 Å². The molecule has 0 atom stereocenters. The zero-order valence-corrected chi connectivity index (χ0v) is 18.3. The Morgan fingerprint density at radius 1 is 1.20 bits per heavy atom. The van der Waals surface area contributed by atoms with E-state index < -0.39 is 0 Å². The Morgan fingerprint density at radius 3 is 2.64 bits per heavy atom. The molecule has 1 aromatic rings. The second-order valence-electron chi connectivity index (χ2n) is 5.90. The zero-order valence-electron chi connectivity index (χ0n) is 16.0. The quantitative estimate of drug-likeness (QED) is 0.213. The highest BCUT2D eigenvalue weighted by Gasteiger charge is 2.08. The van der Waals surface area contributed by atoms with Crippen LogP contribution in [-0.4, -0.2) is 48.9 Å². The number of ether oxygens (including phenoxy) is 1. The molecule has 0 amide bonds. The Hall–Kier alpha value is -0.900. The lowest BCUT2D eigenvalue weighted by molar-refractivity contribution is 0.143. The number of rotatable bonds is 12. The largest absolute Gasteiger partial charge is 0.382 e. The minimum atomic E-state index is 0. The molecule has 0 aliphatic carbocycles. The summed E-state index contributed by atoms with van der Waals surface area (Å²) in [4.78, 5) is 8.96. The lowest BCUT2D eigenvalue weighted by Gasteiger charge is -2.11. The Labute approximate surface area is 168 Å². The van der Waals surface area contributed by atoms with Gasteiger partial charge >= 0.3 is 0 Å². The number of hydrogen-bond acceptors (Lipinski definition) is 5. The van der Waals surface area contributed by atoms with Gasteiger partial charge < -0.3 is 19.9 Å². The van der Waals surface area contributed by atoms with E-state index >= 15 is 0 Å². The van der Waals surface area contributed by atoms with Crippen LogP contribution >= 0.6 is 24.0 Å². The number of unbranched alkanes of at least 4 members (excludes halogenated alkanes) is 1. The van der Waals surface area contributed by atoms with Gasteiger partial charge in [-0.2, -0.15) is 4.98 Å². The standard InChI is InChI=1S/C17H33N5O2.HI/c1-5-18-17(19-11-7-8-13-23-6-2)20-12-9-10-15-21-16(14(3)4)22-24-15;/h14H,5-13H2,1-4H3,(H2,18,19,20);1H. The van der Waals surface area contributed by atoms with Crippen LogP contribution in [0.3, 0.4) is 0 Å². The number of nitrogens with one attached hydrogen (secondary N) is 2. The van der Waals surface area contributed by atoms with Gasteiger partial charge in [0, 0.05) is 45.2 Å². The summed E-state index contributed by atoms with van der Waals surface area (Å²) in [6.07, 6.45) is 3.79. The van der Waals surface area contributed by atoms with Crippen molar-refractivity contribution in [1.82, 2.24) is 20.8 Å². The van der Waals surface area contributed by atoms with Crippen molar-refractivity contribution in [3.05, 3.63) is 11.7 Å². The molecule has 8 heteroatoms. The van der Waals surface area contributed by atoms with Crippen LogP contribution in [0.1, 0.15) is 64.6 Å². The molecule has 0 saturated heterocycles. The fourth-order valence-electron chi connectivity index (χ4n) is 2.05. The third kappa shape index (κ3) is 11.4. The van der Waals surface area contributed by atoms with Crippen molar-refractivity contribution in [3.63, 3.8) is 0 Å². The van der Waals surface area contributed by atoms with Crippen LogP contribution in [0.4, 0.5) is 0 Å². The summed E-state index contributed by atoms with van der Waals surface area (Å²) in [7, 11) is 0. The lowest BCUT2D eigenvalue weighted by Crippen LogP contribution is -2.38. The van der Waals surface area contributed by atoms with E-state index in [0.717, 1.165) is 70.3 Å². The van der Waals surface area contributed by atoms with Gasteiger partial charge in [0.1, 0.15) is 0 Å². The fourth-order valence-corrected chi connectivity index (χ4v) is 2.05. The topological polar surface area (TPSA) is 84.6 Å². The van der Waals surface area contributed by atoms with Crippen molar-refractivity contribution in [3.8, 4) is 0 Å². The van der Waals surface area contributed by atoms with Crippen molar-refractivity contribution in [2.75, 3.05) is 32.8 Å². The normalized spacial score (nSPS) is 11.5. The molecule has 0 spiro atoms. The van der Waals surface area contributed by atoms with Gasteiger partial charge in [-0.05, 0) is 33.1 Å². The molecular formula is C17H34IN5O2. The van der Waals surface area contributed by atoms with Crippen LogP contribution in [0.25, 0.3) is 0 Å². The molecule has 0 aromatic carbocycles. The highest BCUT2D eigenvalue weighted by molar-refractivity contribution is 14.0. The van der Waals surface area contributed by atoms with E-state index in [2.05, 4.69) is 46.5 Å². The predicted octanol–water partition coefficient (Wildman–Crippen LogP) is 3.12. The summed E-state index contributed by atoms with van der Waals surface area (Å²) in [5.41, 5.74) is 0. The van der Waals surface area contributed by atoms with E-state index in [0.29, 0.717) is 11.8 Å². The van der Waals surface area contributed by atoms with Crippen LogP contribution in [0.5, 0.6) is 0 Å². The van der Waals surface area contributed by atoms with E-state index in [1.54, 1.807) is 0 Å². The monoisotopic (exact) mass is 467 g/mol. The van der Waals surface area contributed by atoms with Crippen molar-refractivity contribution < 1.29 is 9.26 Å². The molecule has 25 heavy (non-hydrogen) atoms. The van der Waals surface area contributed by atoms with Crippen molar-refractivity contribution in [2.24, 2.45) is 4.99 Å². The number of halogens is 1. The summed E-state index contributed by atoms with van der Waals surface area (Å²) < 4.78 is 10.6. The molecule has 146 valence electrons. The molecule has 0 fully saturated rings. The number of hydrogen-bond donors (Lipinski definition) is 2. The maximum absolute atomic E-state index is 5.33. The molecule has 0 radical (unpaired) electrons. The molecule has 0 bridgehead atoms. The summed E-state index contributed by atoms with van der Waals surface area (Å²) in [5.74, 6) is 2.63. The van der Waals surface area contributed by atoms with Crippen molar-refractivity contribution >= 4 is 29.9 Å². The number of aliphatic imine (C=N–C) groups is 1. The van der Waals surface area contributed by atoms with Crippen LogP contribution < -0.4 is 10.6 Å². The highest BCUT2D eigenvalue weighted by Crippen LogP contribution is 2.10. The first-order chi connectivity index (χ1) is 11.7. The molecule has 0 saturated carbocycles. The lowest BCUT2D eigenvalue weighted by atomic mass is 10.2. The molecule has 0 unspecified atom stereocenters. The summed E-state index contributed by atoms with van der Waals surface area (Å²) in [5, 5.41) is 10.6.